The van der Waals surface area contributed by atoms with Gasteiger partial charge in [-0.1, -0.05) is 18.5 Å². The minimum atomic E-state index is -0.948. The zero-order valence-electron chi connectivity index (χ0n) is 16.3. The summed E-state index contributed by atoms with van der Waals surface area (Å²) in [7, 11) is 0. The van der Waals surface area contributed by atoms with Gasteiger partial charge in [0.2, 0.25) is 5.91 Å². The number of aryl methyl sites for hydroxylation is 2. The molecule has 26 heavy (non-hydrogen) atoms. The fourth-order valence-corrected chi connectivity index (χ4v) is 3.40. The average Bonchev–Trinajstić information content (AvgIpc) is 2.57. The second kappa shape index (κ2) is 9.07. The molecule has 0 saturated carbocycles. The van der Waals surface area contributed by atoms with Crippen molar-refractivity contribution < 1.29 is 14.6 Å². The Morgan fingerprint density at radius 2 is 2.08 bits per heavy atom. The molecule has 1 aliphatic heterocycles. The minimum absolute atomic E-state index is 0.00784. The molecule has 2 N–H and O–H groups in total. The SMILES string of the molecule is CCC(C)NC(=O)CN1CCCC(O)(COc2cc(C)c(Cl)c(C)c2)C1. The van der Waals surface area contributed by atoms with Crippen LogP contribution in [0.5, 0.6) is 5.75 Å². The number of ether oxygens (including phenoxy) is 1. The predicted octanol–water partition coefficient (Wildman–Crippen LogP) is 3.08. The molecule has 1 saturated heterocycles. The number of likely N-dealkylation sites (tertiary alicyclic amines) is 1. The first-order valence-corrected chi connectivity index (χ1v) is 9.74. The Bertz CT molecular complexity index is 614. The fourth-order valence-electron chi connectivity index (χ4n) is 3.29. The third-order valence-electron chi connectivity index (χ3n) is 4.94. The van der Waals surface area contributed by atoms with Crippen molar-refractivity contribution in [3.05, 3.63) is 28.3 Å². The summed E-state index contributed by atoms with van der Waals surface area (Å²) in [6, 6.07) is 3.95. The van der Waals surface area contributed by atoms with Gasteiger partial charge in [0.05, 0.1) is 6.54 Å². The largest absolute Gasteiger partial charge is 0.491 e. The quantitative estimate of drug-likeness (QED) is 0.760. The van der Waals surface area contributed by atoms with E-state index in [-0.39, 0.29) is 18.6 Å². The summed E-state index contributed by atoms with van der Waals surface area (Å²) < 4.78 is 5.86. The van der Waals surface area contributed by atoms with Crippen LogP contribution in [0.4, 0.5) is 0 Å². The van der Waals surface area contributed by atoms with Gasteiger partial charge < -0.3 is 15.2 Å². The maximum Gasteiger partial charge on any atom is 0.234 e. The third-order valence-corrected chi connectivity index (χ3v) is 5.54. The maximum atomic E-state index is 12.1. The lowest BCUT2D eigenvalue weighted by Crippen LogP contribution is -2.54. The third kappa shape index (κ3) is 5.86. The van der Waals surface area contributed by atoms with E-state index in [0.717, 1.165) is 35.5 Å². The number of piperidine rings is 1. The summed E-state index contributed by atoms with van der Waals surface area (Å²) in [6.07, 6.45) is 2.42. The van der Waals surface area contributed by atoms with Crippen molar-refractivity contribution in [2.75, 3.05) is 26.2 Å². The number of hydrogen-bond donors (Lipinski definition) is 2. The number of amides is 1. The summed E-state index contributed by atoms with van der Waals surface area (Å²) in [6.45, 7) is 9.69. The Kier molecular flexibility index (Phi) is 7.33. The highest BCUT2D eigenvalue weighted by molar-refractivity contribution is 6.32. The molecule has 1 aliphatic rings. The van der Waals surface area contributed by atoms with Gasteiger partial charge in [-0.2, -0.15) is 0 Å². The monoisotopic (exact) mass is 382 g/mol. The Morgan fingerprint density at radius 3 is 2.69 bits per heavy atom. The molecule has 1 amide bonds. The van der Waals surface area contributed by atoms with Crippen LogP contribution in [0.3, 0.4) is 0 Å². The van der Waals surface area contributed by atoms with Crippen LogP contribution in [-0.2, 0) is 4.79 Å². The van der Waals surface area contributed by atoms with Crippen molar-refractivity contribution in [3.8, 4) is 5.75 Å². The molecule has 1 fully saturated rings. The summed E-state index contributed by atoms with van der Waals surface area (Å²) in [5.74, 6) is 0.720. The molecule has 5 nitrogen and oxygen atoms in total. The van der Waals surface area contributed by atoms with Crippen LogP contribution in [0.2, 0.25) is 5.02 Å². The highest BCUT2D eigenvalue weighted by Crippen LogP contribution is 2.28. The zero-order valence-corrected chi connectivity index (χ0v) is 17.0. The molecule has 2 atom stereocenters. The number of halogens is 1. The number of aliphatic hydroxyl groups is 1. The van der Waals surface area contributed by atoms with Crippen molar-refractivity contribution in [3.63, 3.8) is 0 Å². The normalized spacial score (nSPS) is 22.1. The standard InChI is InChI=1S/C20H31ClN2O3/c1-5-16(4)22-18(24)11-23-8-6-7-20(25,12-23)13-26-17-9-14(2)19(21)15(3)10-17/h9-10,16,25H,5-8,11-13H2,1-4H3,(H,22,24). The van der Waals surface area contributed by atoms with Gasteiger partial charge in [-0.3, -0.25) is 9.69 Å². The topological polar surface area (TPSA) is 61.8 Å². The van der Waals surface area contributed by atoms with Gasteiger partial charge in [0, 0.05) is 17.6 Å². The first-order chi connectivity index (χ1) is 12.2. The van der Waals surface area contributed by atoms with Crippen LogP contribution in [0.15, 0.2) is 12.1 Å². The van der Waals surface area contributed by atoms with Gasteiger partial charge in [-0.25, -0.2) is 0 Å². The summed E-state index contributed by atoms with van der Waals surface area (Å²) in [5.41, 5.74) is 0.970. The Labute approximate surface area is 161 Å². The lowest BCUT2D eigenvalue weighted by Gasteiger charge is -2.38. The molecular weight excluding hydrogens is 352 g/mol. The maximum absolute atomic E-state index is 12.1. The number of carbonyl (C=O) groups excluding carboxylic acids is 1. The number of benzene rings is 1. The van der Waals surface area contributed by atoms with E-state index < -0.39 is 5.60 Å². The summed E-state index contributed by atoms with van der Waals surface area (Å²) in [4.78, 5) is 14.1. The Morgan fingerprint density at radius 1 is 1.42 bits per heavy atom. The van der Waals surface area contributed by atoms with E-state index in [4.69, 9.17) is 16.3 Å². The molecule has 2 rings (SSSR count). The highest BCUT2D eigenvalue weighted by Gasteiger charge is 2.34. The van der Waals surface area contributed by atoms with Crippen LogP contribution in [0, 0.1) is 13.8 Å². The second-order valence-electron chi connectivity index (χ2n) is 7.58. The van der Waals surface area contributed by atoms with E-state index in [1.165, 1.54) is 0 Å². The van der Waals surface area contributed by atoms with E-state index in [1.54, 1.807) is 0 Å². The summed E-state index contributed by atoms with van der Waals surface area (Å²) >= 11 is 6.19. The fraction of sp³-hybridized carbons (Fsp3) is 0.650. The average molecular weight is 383 g/mol. The molecule has 0 aliphatic carbocycles. The van der Waals surface area contributed by atoms with E-state index in [2.05, 4.69) is 5.32 Å². The minimum Gasteiger partial charge on any atom is -0.491 e. The molecule has 0 aromatic heterocycles. The van der Waals surface area contributed by atoms with Crippen molar-refractivity contribution in [2.24, 2.45) is 0 Å². The summed E-state index contributed by atoms with van der Waals surface area (Å²) in [5, 5.41) is 14.6. The molecular formula is C20H31ClN2O3. The van der Waals surface area contributed by atoms with Gasteiger partial charge in [0.1, 0.15) is 18.0 Å². The predicted molar refractivity (Wildman–Crippen MR) is 105 cm³/mol. The smallest absolute Gasteiger partial charge is 0.234 e. The highest BCUT2D eigenvalue weighted by atomic mass is 35.5. The van der Waals surface area contributed by atoms with Gasteiger partial charge in [-0.05, 0) is 69.8 Å². The van der Waals surface area contributed by atoms with Crippen molar-refractivity contribution in [1.82, 2.24) is 10.2 Å². The molecule has 6 heteroatoms. The molecule has 1 aromatic rings. The van der Waals surface area contributed by atoms with E-state index >= 15 is 0 Å². The molecule has 0 radical (unpaired) electrons. The number of nitrogens with zero attached hydrogens (tertiary/aromatic N) is 1. The van der Waals surface area contributed by atoms with Crippen molar-refractivity contribution in [1.29, 1.82) is 0 Å². The Balaban J connectivity index is 1.91. The first-order valence-electron chi connectivity index (χ1n) is 9.36. The molecule has 146 valence electrons. The Hall–Kier alpha value is -1.30. The van der Waals surface area contributed by atoms with E-state index in [0.29, 0.717) is 25.3 Å². The number of nitrogens with one attached hydrogen (secondary N) is 1. The molecule has 2 unspecified atom stereocenters. The van der Waals surface area contributed by atoms with E-state index in [1.807, 2.05) is 44.7 Å². The van der Waals surface area contributed by atoms with Crippen LogP contribution in [0.1, 0.15) is 44.2 Å². The van der Waals surface area contributed by atoms with Crippen molar-refractivity contribution in [2.45, 2.75) is 58.6 Å². The molecule has 1 heterocycles. The number of hydrogen-bond acceptors (Lipinski definition) is 4. The number of carbonyl (C=O) groups is 1. The molecule has 1 aromatic carbocycles. The van der Waals surface area contributed by atoms with Gasteiger partial charge >= 0.3 is 0 Å². The van der Waals surface area contributed by atoms with E-state index in [9.17, 15) is 9.90 Å². The van der Waals surface area contributed by atoms with Crippen LogP contribution >= 0.6 is 11.6 Å². The second-order valence-corrected chi connectivity index (χ2v) is 7.95. The van der Waals surface area contributed by atoms with Gasteiger partial charge in [-0.15, -0.1) is 0 Å². The van der Waals surface area contributed by atoms with Crippen LogP contribution in [0.25, 0.3) is 0 Å². The van der Waals surface area contributed by atoms with Gasteiger partial charge in [0.15, 0.2) is 0 Å². The zero-order chi connectivity index (χ0) is 19.3. The molecule has 0 spiro atoms. The van der Waals surface area contributed by atoms with Crippen molar-refractivity contribution >= 4 is 17.5 Å². The first kappa shape index (κ1) is 21.0. The lowest BCUT2D eigenvalue weighted by atomic mass is 9.93. The number of rotatable bonds is 7. The van der Waals surface area contributed by atoms with Crippen LogP contribution < -0.4 is 10.1 Å². The van der Waals surface area contributed by atoms with Crippen LogP contribution in [-0.4, -0.2) is 53.8 Å². The lowest BCUT2D eigenvalue weighted by molar-refractivity contribution is -0.125. The molecule has 0 bridgehead atoms. The van der Waals surface area contributed by atoms with Gasteiger partial charge in [0.25, 0.3) is 0 Å². The number of β-amino-alcohol motifs (C(OH)–C–C–N with tert-alkyl or cyclic N) is 1.